The van der Waals surface area contributed by atoms with Crippen LogP contribution in [0.4, 0.5) is 0 Å². The Balaban J connectivity index is 0. The third kappa shape index (κ3) is 9.02. The fraction of sp³-hybridized carbons (Fsp3) is 1.00. The van der Waals surface area contributed by atoms with Crippen LogP contribution in [0.2, 0.25) is 0 Å². The van der Waals surface area contributed by atoms with E-state index in [2.05, 4.69) is 0 Å². The largest absolute Gasteiger partial charge is 0.187 e. The Hall–Kier alpha value is 1.97. The Morgan fingerprint density at radius 1 is 1.00 bits per heavy atom. The van der Waals surface area contributed by atoms with E-state index in [1.54, 1.807) is 0 Å². The van der Waals surface area contributed by atoms with Gasteiger partial charge in [-0.05, 0) is 0 Å². The van der Waals surface area contributed by atoms with E-state index in [1.165, 1.54) is 0 Å². The summed E-state index contributed by atoms with van der Waals surface area (Å²) in [6, 6.07) is 0. The summed E-state index contributed by atoms with van der Waals surface area (Å²) in [6.45, 7) is 0. The van der Waals surface area contributed by atoms with Gasteiger partial charge in [-0.3, -0.25) is 0 Å². The fourth-order valence-electron chi connectivity index (χ4n) is 0. The first-order valence-corrected chi connectivity index (χ1v) is 0. The van der Waals surface area contributed by atoms with Gasteiger partial charge in [0.05, 0.1) is 0 Å². The Bertz CT molecular complexity index is 8.00. The fourth-order valence-corrected chi connectivity index (χ4v) is 0. The van der Waals surface area contributed by atoms with Gasteiger partial charge in [-0.1, -0.05) is 7.43 Å². The zero-order chi connectivity index (χ0) is 0. The molecular weight excluding hydrogens is 215 g/mol. The first kappa shape index (κ1) is 37.9. The average Bonchev–Trinajstić information content (AvgIpc) is 0. The molecule has 0 rings (SSSR count). The summed E-state index contributed by atoms with van der Waals surface area (Å²) in [5.41, 5.74) is 0. The van der Waals surface area contributed by atoms with E-state index in [4.69, 9.17) is 0 Å². The van der Waals surface area contributed by atoms with Gasteiger partial charge in [-0.15, -0.1) is 0 Å². The molecule has 0 atom stereocenters. The summed E-state index contributed by atoms with van der Waals surface area (Å²) >= 11 is 0. The van der Waals surface area contributed by atoms with E-state index in [1.807, 2.05) is 0 Å². The molecule has 0 saturated heterocycles. The van der Waals surface area contributed by atoms with Crippen LogP contribution in [0, 0.1) is 0 Å². The zero-order valence-electron chi connectivity index (χ0n) is 1.01. The number of hydrogen-bond acceptors (Lipinski definition) is 0. The van der Waals surface area contributed by atoms with E-state index >= 15 is 0 Å². The van der Waals surface area contributed by atoms with Crippen LogP contribution in [0.3, 0.4) is 0 Å². The standard InChI is InChI=1S/CH4.Al.Cd.Cu.3H/h1H4;;;;;;. The molecule has 0 heterocycles. The molecule has 0 amide bonds. The van der Waals surface area contributed by atoms with Crippen LogP contribution in [0.1, 0.15) is 7.43 Å². The molecule has 0 aliphatic rings. The van der Waals surface area contributed by atoms with Crippen LogP contribution in [-0.4, -0.2) is 17.4 Å². The molecule has 0 aliphatic heterocycles. The van der Waals surface area contributed by atoms with Crippen LogP contribution in [0.5, 0.6) is 0 Å². The third-order valence-electron chi connectivity index (χ3n) is 0. The molecule has 0 aromatic heterocycles. The van der Waals surface area contributed by atoms with Gasteiger partial charge in [0.15, 0.2) is 17.4 Å². The van der Waals surface area contributed by atoms with Crippen molar-refractivity contribution in [1.29, 1.82) is 0 Å². The van der Waals surface area contributed by atoms with Crippen LogP contribution < -0.4 is 0 Å². The first-order chi connectivity index (χ1) is 0. The van der Waals surface area contributed by atoms with Gasteiger partial charge in [0, 0.05) is 44.4 Å². The molecule has 0 bridgehead atoms. The molecule has 0 aromatic rings. The molecule has 4 heavy (non-hydrogen) atoms. The molecule has 0 aliphatic carbocycles. The molecule has 0 nitrogen and oxygen atoms in total. The maximum absolute atomic E-state index is 0. The van der Waals surface area contributed by atoms with E-state index < -0.39 is 0 Å². The number of hydrogen-bond donors (Lipinski definition) is 0. The summed E-state index contributed by atoms with van der Waals surface area (Å²) in [7, 11) is 0. The van der Waals surface area contributed by atoms with Gasteiger partial charge in [-0.25, -0.2) is 0 Å². The SMILES string of the molecule is C.[AlH3].[Cd].[Cu]. The van der Waals surface area contributed by atoms with Crippen molar-refractivity contribution in [2.75, 3.05) is 0 Å². The average molecular weight is 222 g/mol. The predicted octanol–water partition coefficient (Wildman–Crippen LogP) is -0.553. The normalized spacial score (nSPS) is 0. The van der Waals surface area contributed by atoms with E-state index in [0.29, 0.717) is 0 Å². The van der Waals surface area contributed by atoms with Gasteiger partial charge in [0.25, 0.3) is 0 Å². The van der Waals surface area contributed by atoms with Crippen molar-refractivity contribution in [3.8, 4) is 0 Å². The van der Waals surface area contributed by atoms with Crippen LogP contribution in [0.25, 0.3) is 0 Å². The molecule has 0 unspecified atom stereocenters. The van der Waals surface area contributed by atoms with Crippen molar-refractivity contribution >= 4 is 17.4 Å². The van der Waals surface area contributed by atoms with E-state index in [-0.39, 0.29) is 69.2 Å². The second-order valence-corrected chi connectivity index (χ2v) is 0. The van der Waals surface area contributed by atoms with Crippen LogP contribution in [0.15, 0.2) is 0 Å². The summed E-state index contributed by atoms with van der Waals surface area (Å²) < 4.78 is 0. The van der Waals surface area contributed by atoms with E-state index in [9.17, 15) is 0 Å². The Morgan fingerprint density at radius 3 is 1.00 bits per heavy atom. The Labute approximate surface area is 68.5 Å². The van der Waals surface area contributed by atoms with Gasteiger partial charge in [-0.2, -0.15) is 0 Å². The van der Waals surface area contributed by atoms with Crippen LogP contribution in [-0.2, 0) is 44.4 Å². The molecule has 0 spiro atoms. The molecule has 1 radical (unpaired) electrons. The van der Waals surface area contributed by atoms with Crippen molar-refractivity contribution in [1.82, 2.24) is 0 Å². The maximum Gasteiger partial charge on any atom is 0.187 e. The Morgan fingerprint density at radius 2 is 1.00 bits per heavy atom. The van der Waals surface area contributed by atoms with Crippen LogP contribution >= 0.6 is 0 Å². The second-order valence-electron chi connectivity index (χ2n) is 0. The van der Waals surface area contributed by atoms with Gasteiger partial charge < -0.3 is 0 Å². The van der Waals surface area contributed by atoms with Crippen molar-refractivity contribution in [3.63, 3.8) is 0 Å². The minimum absolute atomic E-state index is 0. The maximum atomic E-state index is 0. The second kappa shape index (κ2) is 20.2. The minimum Gasteiger partial charge on any atom is -0.0776 e. The topological polar surface area (TPSA) is 0 Å². The van der Waals surface area contributed by atoms with Crippen molar-refractivity contribution in [2.24, 2.45) is 0 Å². The first-order valence-electron chi connectivity index (χ1n) is 0. The molecule has 27 valence electrons. The zero-order valence-corrected chi connectivity index (χ0v) is 5.99. The van der Waals surface area contributed by atoms with Crippen molar-refractivity contribution in [3.05, 3.63) is 0 Å². The summed E-state index contributed by atoms with van der Waals surface area (Å²) in [4.78, 5) is 0. The Kier molecular flexibility index (Phi) is 191. The molecular formula is CH7AlCdCu. The quantitative estimate of drug-likeness (QED) is 0.482. The van der Waals surface area contributed by atoms with Gasteiger partial charge in [0.1, 0.15) is 0 Å². The monoisotopic (exact) mass is 223 g/mol. The third-order valence-corrected chi connectivity index (χ3v) is 0. The van der Waals surface area contributed by atoms with E-state index in [0.717, 1.165) is 0 Å². The minimum atomic E-state index is 0. The smallest absolute Gasteiger partial charge is 0.0776 e. The van der Waals surface area contributed by atoms with Gasteiger partial charge in [0.2, 0.25) is 0 Å². The number of rotatable bonds is 0. The molecule has 0 fully saturated rings. The summed E-state index contributed by atoms with van der Waals surface area (Å²) in [6.07, 6.45) is 0. The van der Waals surface area contributed by atoms with Crippen molar-refractivity contribution < 1.29 is 44.4 Å². The molecule has 0 N–H and O–H groups in total. The van der Waals surface area contributed by atoms with Gasteiger partial charge >= 0.3 is 0 Å². The predicted molar refractivity (Wildman–Crippen MR) is 16.7 cm³/mol. The molecule has 0 aromatic carbocycles. The molecule has 3 heteroatoms. The summed E-state index contributed by atoms with van der Waals surface area (Å²) in [5, 5.41) is 0. The summed E-state index contributed by atoms with van der Waals surface area (Å²) in [5.74, 6) is 0. The molecule has 0 saturated carbocycles. The van der Waals surface area contributed by atoms with Crippen molar-refractivity contribution in [2.45, 2.75) is 7.43 Å².